The van der Waals surface area contributed by atoms with Crippen LogP contribution in [-0.2, 0) is 5.75 Å². The molecule has 0 aliphatic rings. The first-order valence-corrected chi connectivity index (χ1v) is 8.64. The fourth-order valence-corrected chi connectivity index (χ4v) is 4.11. The molecule has 1 N–H and O–H groups in total. The minimum absolute atomic E-state index is 0.355. The van der Waals surface area contributed by atoms with Gasteiger partial charge < -0.3 is 9.52 Å². The molecule has 8 heteroatoms. The van der Waals surface area contributed by atoms with E-state index in [1.54, 1.807) is 17.4 Å². The molecule has 108 valence electrons. The lowest BCUT2D eigenvalue weighted by Gasteiger charge is -1.95. The molecule has 0 atom stereocenters. The number of thiophene rings is 2. The van der Waals surface area contributed by atoms with Crippen LogP contribution in [0.15, 0.2) is 33.2 Å². The molecule has 0 bridgehead atoms. The highest BCUT2D eigenvalue weighted by atomic mass is 32.2. The number of hydrogen-bond acceptors (Lipinski definition) is 7. The molecule has 0 aliphatic carbocycles. The van der Waals surface area contributed by atoms with E-state index in [0.717, 1.165) is 15.3 Å². The molecule has 0 spiro atoms. The normalized spacial score (nSPS) is 10.9. The Hall–Kier alpha value is -1.64. The maximum absolute atomic E-state index is 10.9. The Labute approximate surface area is 132 Å². The Morgan fingerprint density at radius 1 is 1.48 bits per heavy atom. The Kier molecular flexibility index (Phi) is 4.09. The molecule has 0 aliphatic heterocycles. The molecule has 0 amide bonds. The SMILES string of the molecule is Cc1sc(C(=O)O)cc1CSc1nnc(-c2cccs2)o1. The van der Waals surface area contributed by atoms with Crippen molar-refractivity contribution in [3.8, 4) is 10.8 Å². The minimum Gasteiger partial charge on any atom is -0.477 e. The van der Waals surface area contributed by atoms with Crippen LogP contribution in [-0.4, -0.2) is 21.3 Å². The molecule has 0 saturated carbocycles. The third-order valence-corrected chi connectivity index (χ3v) is 5.53. The summed E-state index contributed by atoms with van der Waals surface area (Å²) in [7, 11) is 0. The van der Waals surface area contributed by atoms with Crippen molar-refractivity contribution in [3.05, 3.63) is 38.9 Å². The Morgan fingerprint density at radius 3 is 3.00 bits per heavy atom. The van der Waals surface area contributed by atoms with Crippen LogP contribution in [0.5, 0.6) is 0 Å². The van der Waals surface area contributed by atoms with Crippen molar-refractivity contribution < 1.29 is 14.3 Å². The van der Waals surface area contributed by atoms with Gasteiger partial charge in [-0.3, -0.25) is 0 Å². The number of aromatic nitrogens is 2. The number of carboxylic acid groups (broad SMARTS) is 1. The van der Waals surface area contributed by atoms with Gasteiger partial charge in [0.1, 0.15) is 4.88 Å². The summed E-state index contributed by atoms with van der Waals surface area (Å²) in [6.07, 6.45) is 0. The third-order valence-electron chi connectivity index (χ3n) is 2.72. The second kappa shape index (κ2) is 6.00. The van der Waals surface area contributed by atoms with E-state index in [4.69, 9.17) is 9.52 Å². The zero-order valence-electron chi connectivity index (χ0n) is 10.9. The van der Waals surface area contributed by atoms with Crippen LogP contribution in [0.2, 0.25) is 0 Å². The monoisotopic (exact) mass is 338 g/mol. The van der Waals surface area contributed by atoms with E-state index in [1.807, 2.05) is 24.4 Å². The summed E-state index contributed by atoms with van der Waals surface area (Å²) in [6.45, 7) is 1.91. The van der Waals surface area contributed by atoms with Crippen molar-refractivity contribution in [2.24, 2.45) is 0 Å². The van der Waals surface area contributed by atoms with Gasteiger partial charge in [0.15, 0.2) is 0 Å². The zero-order chi connectivity index (χ0) is 14.8. The molecular formula is C13H10N2O3S3. The largest absolute Gasteiger partial charge is 0.477 e. The van der Waals surface area contributed by atoms with Gasteiger partial charge in [-0.15, -0.1) is 32.9 Å². The van der Waals surface area contributed by atoms with Crippen molar-refractivity contribution in [3.63, 3.8) is 0 Å². The number of carboxylic acids is 1. The van der Waals surface area contributed by atoms with Gasteiger partial charge in [0.05, 0.1) is 4.88 Å². The van der Waals surface area contributed by atoms with Crippen LogP contribution >= 0.6 is 34.4 Å². The average molecular weight is 338 g/mol. The lowest BCUT2D eigenvalue weighted by atomic mass is 10.3. The molecule has 3 heterocycles. The average Bonchev–Trinajstić information content (AvgIpc) is 3.17. The van der Waals surface area contributed by atoms with Crippen LogP contribution in [0, 0.1) is 6.92 Å². The van der Waals surface area contributed by atoms with Gasteiger partial charge in [0.25, 0.3) is 11.1 Å². The maximum atomic E-state index is 10.9. The van der Waals surface area contributed by atoms with Crippen molar-refractivity contribution in [1.82, 2.24) is 10.2 Å². The summed E-state index contributed by atoms with van der Waals surface area (Å²) in [5.74, 6) is 0.236. The maximum Gasteiger partial charge on any atom is 0.345 e. The highest BCUT2D eigenvalue weighted by Gasteiger charge is 2.14. The highest BCUT2D eigenvalue weighted by molar-refractivity contribution is 7.98. The molecule has 3 rings (SSSR count). The van der Waals surface area contributed by atoms with Gasteiger partial charge in [0.2, 0.25) is 0 Å². The van der Waals surface area contributed by atoms with Crippen LogP contribution < -0.4 is 0 Å². The summed E-state index contributed by atoms with van der Waals surface area (Å²) in [5, 5.41) is 19.4. The molecule has 0 radical (unpaired) electrons. The molecule has 3 aromatic heterocycles. The van der Waals surface area contributed by atoms with Gasteiger partial charge >= 0.3 is 5.97 Å². The predicted molar refractivity (Wildman–Crippen MR) is 83.2 cm³/mol. The number of thioether (sulfide) groups is 1. The Bertz CT molecular complexity index is 762. The predicted octanol–water partition coefficient (Wildman–Crippen LogP) is 4.16. The van der Waals surface area contributed by atoms with E-state index in [0.29, 0.717) is 21.7 Å². The fraction of sp³-hybridized carbons (Fsp3) is 0.154. The van der Waals surface area contributed by atoms with Gasteiger partial charge in [-0.05, 0) is 30.0 Å². The van der Waals surface area contributed by atoms with Gasteiger partial charge in [-0.25, -0.2) is 4.79 Å². The number of nitrogens with zero attached hydrogens (tertiary/aromatic N) is 2. The molecule has 0 fully saturated rings. The summed E-state index contributed by atoms with van der Waals surface area (Å²) < 4.78 is 5.58. The smallest absolute Gasteiger partial charge is 0.345 e. The quantitative estimate of drug-likeness (QED) is 0.704. The topological polar surface area (TPSA) is 76.2 Å². The molecular weight excluding hydrogens is 328 g/mol. The van der Waals surface area contributed by atoms with E-state index < -0.39 is 5.97 Å². The Balaban J connectivity index is 1.69. The number of hydrogen-bond donors (Lipinski definition) is 1. The van der Waals surface area contributed by atoms with Crippen molar-refractivity contribution in [2.45, 2.75) is 17.9 Å². The highest BCUT2D eigenvalue weighted by Crippen LogP contribution is 2.31. The van der Waals surface area contributed by atoms with Crippen LogP contribution in [0.4, 0.5) is 0 Å². The van der Waals surface area contributed by atoms with Gasteiger partial charge in [-0.2, -0.15) is 0 Å². The molecule has 3 aromatic rings. The van der Waals surface area contributed by atoms with E-state index in [9.17, 15) is 4.79 Å². The molecule has 0 saturated heterocycles. The fourth-order valence-electron chi connectivity index (χ4n) is 1.68. The lowest BCUT2D eigenvalue weighted by molar-refractivity contribution is 0.0702. The third kappa shape index (κ3) is 3.17. The number of aromatic carboxylic acids is 1. The van der Waals surface area contributed by atoms with Gasteiger partial charge in [0, 0.05) is 10.6 Å². The van der Waals surface area contributed by atoms with Crippen LogP contribution in [0.1, 0.15) is 20.1 Å². The number of rotatable bonds is 5. The first-order valence-electron chi connectivity index (χ1n) is 5.96. The second-order valence-corrected chi connectivity index (χ2v) is 7.27. The molecule has 0 unspecified atom stereocenters. The minimum atomic E-state index is -0.892. The summed E-state index contributed by atoms with van der Waals surface area (Å²) in [6, 6.07) is 5.56. The van der Waals surface area contributed by atoms with Crippen molar-refractivity contribution in [2.75, 3.05) is 0 Å². The molecule has 5 nitrogen and oxygen atoms in total. The second-order valence-electron chi connectivity index (χ2n) is 4.14. The summed E-state index contributed by atoms with van der Waals surface area (Å²) in [5.41, 5.74) is 0.985. The number of aryl methyl sites for hydroxylation is 1. The summed E-state index contributed by atoms with van der Waals surface area (Å²) >= 11 is 4.24. The van der Waals surface area contributed by atoms with Gasteiger partial charge in [-0.1, -0.05) is 17.8 Å². The number of carbonyl (C=O) groups is 1. The van der Waals surface area contributed by atoms with E-state index in [2.05, 4.69) is 10.2 Å². The van der Waals surface area contributed by atoms with E-state index >= 15 is 0 Å². The lowest BCUT2D eigenvalue weighted by Crippen LogP contribution is -1.90. The summed E-state index contributed by atoms with van der Waals surface area (Å²) in [4.78, 5) is 13.2. The first-order chi connectivity index (χ1) is 10.1. The first kappa shape index (κ1) is 14.3. The van der Waals surface area contributed by atoms with Crippen molar-refractivity contribution >= 4 is 40.4 Å². The van der Waals surface area contributed by atoms with Crippen LogP contribution in [0.3, 0.4) is 0 Å². The zero-order valence-corrected chi connectivity index (χ0v) is 13.3. The van der Waals surface area contributed by atoms with Crippen molar-refractivity contribution in [1.29, 1.82) is 0 Å². The van der Waals surface area contributed by atoms with E-state index in [1.165, 1.54) is 23.1 Å². The van der Waals surface area contributed by atoms with E-state index in [-0.39, 0.29) is 0 Å². The van der Waals surface area contributed by atoms with Crippen LogP contribution in [0.25, 0.3) is 10.8 Å². The molecule has 21 heavy (non-hydrogen) atoms. The standard InChI is InChI=1S/C13H10N2O3S3/c1-7-8(5-10(21-7)12(16)17)6-20-13-15-14-11(18-13)9-3-2-4-19-9/h2-5H,6H2,1H3,(H,16,17). The molecule has 0 aromatic carbocycles. The Morgan fingerprint density at radius 2 is 2.33 bits per heavy atom.